The van der Waals surface area contributed by atoms with Crippen LogP contribution < -0.4 is 16.0 Å². The maximum absolute atomic E-state index is 13.1. The Morgan fingerprint density at radius 2 is 1.67 bits per heavy atom. The number of ether oxygens (including phenoxy) is 1. The van der Waals surface area contributed by atoms with Gasteiger partial charge in [0.05, 0.1) is 24.7 Å². The molecule has 2 aromatic carbocycles. The van der Waals surface area contributed by atoms with Crippen molar-refractivity contribution in [2.24, 2.45) is 14.1 Å². The molecule has 0 radical (unpaired) electrons. The summed E-state index contributed by atoms with van der Waals surface area (Å²) in [7, 11) is 5.01. The van der Waals surface area contributed by atoms with Crippen LogP contribution in [0.1, 0.15) is 5.56 Å². The van der Waals surface area contributed by atoms with Gasteiger partial charge in [-0.3, -0.25) is 13.9 Å². The number of fused-ring (bicyclic) bond motifs is 3. The van der Waals surface area contributed by atoms with Gasteiger partial charge in [0.25, 0.3) is 5.56 Å². The van der Waals surface area contributed by atoms with Crippen molar-refractivity contribution in [1.82, 2.24) is 13.7 Å². The smallest absolute Gasteiger partial charge is 0.331 e. The van der Waals surface area contributed by atoms with Crippen molar-refractivity contribution in [3.8, 4) is 5.75 Å². The number of aromatic nitrogens is 3. The molecule has 0 atom stereocenters. The molecule has 138 valence electrons. The Hall–Kier alpha value is -3.35. The van der Waals surface area contributed by atoms with E-state index < -0.39 is 5.69 Å². The van der Waals surface area contributed by atoms with Crippen LogP contribution in [0.2, 0.25) is 0 Å². The molecule has 2 aromatic heterocycles. The molecule has 0 aliphatic rings. The summed E-state index contributed by atoms with van der Waals surface area (Å²) in [5.41, 5.74) is 1.70. The zero-order chi connectivity index (χ0) is 19.3. The Morgan fingerprint density at radius 3 is 2.33 bits per heavy atom. The average Bonchev–Trinajstić information content (AvgIpc) is 2.97. The van der Waals surface area contributed by atoms with Crippen LogP contribution in [-0.4, -0.2) is 20.8 Å². The van der Waals surface area contributed by atoms with Crippen molar-refractivity contribution in [2.45, 2.75) is 6.54 Å². The van der Waals surface area contributed by atoms with Gasteiger partial charge in [-0.2, -0.15) is 0 Å². The topological polar surface area (TPSA) is 58.2 Å². The molecule has 0 fully saturated rings. The highest BCUT2D eigenvalue weighted by molar-refractivity contribution is 6.06. The summed E-state index contributed by atoms with van der Waals surface area (Å²) in [6.45, 7) is 0.0760. The summed E-state index contributed by atoms with van der Waals surface area (Å²) < 4.78 is 22.9. The van der Waals surface area contributed by atoms with Gasteiger partial charge in [-0.15, -0.1) is 0 Å². The SMILES string of the molecule is COc1ccc2c(c1)c1c(c(=O)n(Cc3ccc(F)cc3)c(=O)n1C)n2C. The average molecular weight is 367 g/mol. The quantitative estimate of drug-likeness (QED) is 0.559. The molecular formula is C20H18FN3O3. The molecular weight excluding hydrogens is 349 g/mol. The first kappa shape index (κ1) is 17.1. The highest BCUT2D eigenvalue weighted by atomic mass is 19.1. The van der Waals surface area contributed by atoms with Crippen LogP contribution in [0.25, 0.3) is 21.9 Å². The fraction of sp³-hybridized carbons (Fsp3) is 0.200. The van der Waals surface area contributed by atoms with Gasteiger partial charge < -0.3 is 9.30 Å². The van der Waals surface area contributed by atoms with Crippen molar-refractivity contribution < 1.29 is 9.13 Å². The van der Waals surface area contributed by atoms with E-state index in [0.717, 1.165) is 10.9 Å². The zero-order valence-corrected chi connectivity index (χ0v) is 15.2. The number of rotatable bonds is 3. The van der Waals surface area contributed by atoms with Crippen LogP contribution in [0.15, 0.2) is 52.1 Å². The Kier molecular flexibility index (Phi) is 3.87. The number of hydrogen-bond donors (Lipinski definition) is 0. The Balaban J connectivity index is 2.04. The minimum Gasteiger partial charge on any atom is -0.497 e. The van der Waals surface area contributed by atoms with E-state index in [1.54, 1.807) is 37.9 Å². The summed E-state index contributed by atoms with van der Waals surface area (Å²) in [6.07, 6.45) is 0. The minimum absolute atomic E-state index is 0.0760. The Labute approximate surface area is 153 Å². The third-order valence-electron chi connectivity index (χ3n) is 4.93. The van der Waals surface area contributed by atoms with Crippen LogP contribution in [0.5, 0.6) is 5.75 Å². The van der Waals surface area contributed by atoms with Crippen molar-refractivity contribution in [1.29, 1.82) is 0 Å². The maximum Gasteiger partial charge on any atom is 0.331 e. The lowest BCUT2D eigenvalue weighted by molar-refractivity contribution is 0.415. The number of hydrogen-bond acceptors (Lipinski definition) is 3. The number of aryl methyl sites for hydroxylation is 2. The van der Waals surface area contributed by atoms with E-state index in [0.29, 0.717) is 22.3 Å². The molecule has 0 saturated carbocycles. The first-order valence-corrected chi connectivity index (χ1v) is 8.42. The fourth-order valence-corrected chi connectivity index (χ4v) is 3.52. The molecule has 4 aromatic rings. The second-order valence-corrected chi connectivity index (χ2v) is 6.50. The van der Waals surface area contributed by atoms with E-state index >= 15 is 0 Å². The largest absolute Gasteiger partial charge is 0.497 e. The molecule has 27 heavy (non-hydrogen) atoms. The van der Waals surface area contributed by atoms with E-state index in [1.807, 2.05) is 18.2 Å². The first-order valence-electron chi connectivity index (χ1n) is 8.42. The number of nitrogens with zero attached hydrogens (tertiary/aromatic N) is 3. The first-order chi connectivity index (χ1) is 12.9. The second-order valence-electron chi connectivity index (χ2n) is 6.50. The molecule has 0 aliphatic heterocycles. The van der Waals surface area contributed by atoms with Gasteiger partial charge in [0.1, 0.15) is 17.1 Å². The van der Waals surface area contributed by atoms with Crippen LogP contribution in [0.4, 0.5) is 4.39 Å². The van der Waals surface area contributed by atoms with Gasteiger partial charge >= 0.3 is 5.69 Å². The number of benzene rings is 2. The number of methoxy groups -OCH3 is 1. The van der Waals surface area contributed by atoms with Gasteiger partial charge in [0.15, 0.2) is 0 Å². The summed E-state index contributed by atoms with van der Waals surface area (Å²) in [5, 5.41) is 0.775. The van der Waals surface area contributed by atoms with Gasteiger partial charge in [-0.05, 0) is 35.9 Å². The molecule has 7 heteroatoms. The third-order valence-corrected chi connectivity index (χ3v) is 4.93. The molecule has 0 N–H and O–H groups in total. The third kappa shape index (κ3) is 2.54. The monoisotopic (exact) mass is 367 g/mol. The molecule has 2 heterocycles. The van der Waals surface area contributed by atoms with Crippen molar-refractivity contribution >= 4 is 21.9 Å². The lowest BCUT2D eigenvalue weighted by atomic mass is 10.2. The summed E-state index contributed by atoms with van der Waals surface area (Å²) in [5.74, 6) is 0.287. The standard InChI is InChI=1S/C20H18FN3O3/c1-22-16-9-8-14(27-3)10-15(16)17-18(22)19(25)24(20(26)23(17)2)11-12-4-6-13(21)7-5-12/h4-10H,11H2,1-3H3. The summed E-state index contributed by atoms with van der Waals surface area (Å²) in [4.78, 5) is 26.0. The predicted octanol–water partition coefficient (Wildman–Crippen LogP) is 2.39. The van der Waals surface area contributed by atoms with Crippen molar-refractivity contribution in [2.75, 3.05) is 7.11 Å². The maximum atomic E-state index is 13.1. The van der Waals surface area contributed by atoms with Crippen molar-refractivity contribution in [3.05, 3.63) is 74.7 Å². The number of halogens is 1. The molecule has 0 aliphatic carbocycles. The normalized spacial score (nSPS) is 11.4. The van der Waals surface area contributed by atoms with E-state index in [1.165, 1.54) is 21.3 Å². The van der Waals surface area contributed by atoms with Crippen LogP contribution in [-0.2, 0) is 20.6 Å². The van der Waals surface area contributed by atoms with Crippen LogP contribution in [0, 0.1) is 5.82 Å². The molecule has 6 nitrogen and oxygen atoms in total. The van der Waals surface area contributed by atoms with E-state index in [-0.39, 0.29) is 17.9 Å². The Bertz CT molecular complexity index is 1300. The fourth-order valence-electron chi connectivity index (χ4n) is 3.52. The van der Waals surface area contributed by atoms with Crippen LogP contribution >= 0.6 is 0 Å². The molecule has 0 spiro atoms. The molecule has 0 saturated heterocycles. The summed E-state index contributed by atoms with van der Waals surface area (Å²) >= 11 is 0. The molecule has 0 unspecified atom stereocenters. The van der Waals surface area contributed by atoms with Gasteiger partial charge in [0, 0.05) is 19.5 Å². The summed E-state index contributed by atoms with van der Waals surface area (Å²) in [6, 6.07) is 11.3. The van der Waals surface area contributed by atoms with E-state index in [9.17, 15) is 14.0 Å². The van der Waals surface area contributed by atoms with Gasteiger partial charge in [-0.1, -0.05) is 12.1 Å². The minimum atomic E-state index is -0.424. The van der Waals surface area contributed by atoms with E-state index in [2.05, 4.69) is 0 Å². The zero-order valence-electron chi connectivity index (χ0n) is 15.2. The lowest BCUT2D eigenvalue weighted by Gasteiger charge is -2.10. The predicted molar refractivity (Wildman–Crippen MR) is 102 cm³/mol. The highest BCUT2D eigenvalue weighted by Gasteiger charge is 2.19. The van der Waals surface area contributed by atoms with Gasteiger partial charge in [-0.25, -0.2) is 9.18 Å². The van der Waals surface area contributed by atoms with E-state index in [4.69, 9.17) is 4.74 Å². The van der Waals surface area contributed by atoms with Crippen LogP contribution in [0.3, 0.4) is 0 Å². The second kappa shape index (κ2) is 6.12. The molecule has 0 bridgehead atoms. The Morgan fingerprint density at radius 1 is 0.963 bits per heavy atom. The molecule has 4 rings (SSSR count). The van der Waals surface area contributed by atoms with Gasteiger partial charge in [0.2, 0.25) is 0 Å². The van der Waals surface area contributed by atoms with Crippen molar-refractivity contribution in [3.63, 3.8) is 0 Å². The lowest BCUT2D eigenvalue weighted by Crippen LogP contribution is -2.39. The highest BCUT2D eigenvalue weighted by Crippen LogP contribution is 2.28. The molecule has 0 amide bonds.